The molecule has 0 N–H and O–H groups in total. The lowest BCUT2D eigenvalue weighted by atomic mass is 9.91. The normalized spacial score (nSPS) is 32.7. The van der Waals surface area contributed by atoms with Crippen molar-refractivity contribution in [3.05, 3.63) is 23.8 Å². The average Bonchev–Trinajstić information content (AvgIpc) is 2.66. The third kappa shape index (κ3) is 8.16. The molecule has 0 spiro atoms. The fraction of sp³-hybridized carbons (Fsp3) is 0.682. The van der Waals surface area contributed by atoms with E-state index in [4.69, 9.17) is 30.5 Å². The van der Waals surface area contributed by atoms with Crippen molar-refractivity contribution in [3.8, 4) is 0 Å². The van der Waals surface area contributed by atoms with Gasteiger partial charge in [-0.3, -0.25) is 14.4 Å². The Kier molecular flexibility index (Phi) is 9.45. The van der Waals surface area contributed by atoms with Gasteiger partial charge in [-0.25, -0.2) is 0 Å². The van der Waals surface area contributed by atoms with Gasteiger partial charge in [0.15, 0.2) is 0 Å². The monoisotopic (exact) mass is 474 g/mol. The van der Waals surface area contributed by atoms with E-state index in [1.807, 2.05) is 26.0 Å². The fourth-order valence-corrected chi connectivity index (χ4v) is 4.96. The van der Waals surface area contributed by atoms with Gasteiger partial charge in [0.1, 0.15) is 30.4 Å². The van der Waals surface area contributed by atoms with E-state index in [2.05, 4.69) is 6.08 Å². The van der Waals surface area contributed by atoms with Gasteiger partial charge < -0.3 is 18.9 Å². The smallest absolute Gasteiger partial charge is 0.303 e. The zero-order valence-corrected chi connectivity index (χ0v) is 20.2. The number of hydrogen-bond acceptors (Lipinski definition) is 8. The van der Waals surface area contributed by atoms with Crippen LogP contribution < -0.4 is 0 Å². The highest BCUT2D eigenvalue weighted by molar-refractivity contribution is 7.99. The van der Waals surface area contributed by atoms with E-state index in [1.165, 1.54) is 38.1 Å². The van der Waals surface area contributed by atoms with Gasteiger partial charge in [0, 0.05) is 26.7 Å². The molecule has 0 amide bonds. The molecule has 1 heterocycles. The molecule has 174 valence electrons. The summed E-state index contributed by atoms with van der Waals surface area (Å²) in [7, 11) is 0. The lowest BCUT2D eigenvalue weighted by Crippen LogP contribution is -2.56. The number of esters is 3. The van der Waals surface area contributed by atoms with Crippen LogP contribution in [0.4, 0.5) is 0 Å². The van der Waals surface area contributed by atoms with Crippen LogP contribution in [0.3, 0.4) is 0 Å². The standard InChI is InChI=1S/C22H31ClO7S/c1-13-19(28-15(3)25)18(12-27-14(2)24)30-21(20(13)29-16(4)26)31-11-8-17-6-9-22(5,23)10-7-17/h6-7,9,13,18-21H,8,10-12H2,1-5H3/t13?,18?,19-,20?,21-,22?/m1/s1. The predicted octanol–water partition coefficient (Wildman–Crippen LogP) is 3.78. The Balaban J connectivity index is 2.09. The molecule has 0 bridgehead atoms. The second-order valence-corrected chi connectivity index (χ2v) is 10.1. The molecule has 0 aromatic carbocycles. The van der Waals surface area contributed by atoms with Crippen LogP contribution in [0, 0.1) is 5.92 Å². The maximum atomic E-state index is 11.7. The van der Waals surface area contributed by atoms with Crippen molar-refractivity contribution >= 4 is 41.3 Å². The van der Waals surface area contributed by atoms with Gasteiger partial charge in [-0.15, -0.1) is 23.4 Å². The first kappa shape index (κ1) is 25.7. The van der Waals surface area contributed by atoms with E-state index in [9.17, 15) is 14.4 Å². The van der Waals surface area contributed by atoms with Crippen LogP contribution in [0.25, 0.3) is 0 Å². The molecule has 0 saturated carbocycles. The predicted molar refractivity (Wildman–Crippen MR) is 119 cm³/mol. The zero-order chi connectivity index (χ0) is 23.2. The van der Waals surface area contributed by atoms with Crippen molar-refractivity contribution in [1.82, 2.24) is 0 Å². The summed E-state index contributed by atoms with van der Waals surface area (Å²) in [6.45, 7) is 7.69. The number of alkyl halides is 1. The Hall–Kier alpha value is -1.51. The number of halogens is 1. The lowest BCUT2D eigenvalue weighted by Gasteiger charge is -2.44. The van der Waals surface area contributed by atoms with Crippen LogP contribution in [0.2, 0.25) is 0 Å². The highest BCUT2D eigenvalue weighted by Gasteiger charge is 2.47. The molecule has 0 radical (unpaired) electrons. The summed E-state index contributed by atoms with van der Waals surface area (Å²) < 4.78 is 22.2. The van der Waals surface area contributed by atoms with Gasteiger partial charge in [0.2, 0.25) is 0 Å². The number of hydrogen-bond donors (Lipinski definition) is 0. The molecule has 0 aromatic rings. The highest BCUT2D eigenvalue weighted by Crippen LogP contribution is 2.37. The maximum absolute atomic E-state index is 11.7. The van der Waals surface area contributed by atoms with Crippen molar-refractivity contribution in [2.24, 2.45) is 5.92 Å². The number of carbonyl (C=O) groups is 3. The van der Waals surface area contributed by atoms with Crippen molar-refractivity contribution < 1.29 is 33.3 Å². The molecule has 6 atom stereocenters. The third-order valence-electron chi connectivity index (χ3n) is 5.12. The Morgan fingerprint density at radius 3 is 2.35 bits per heavy atom. The van der Waals surface area contributed by atoms with Crippen LogP contribution in [0.15, 0.2) is 23.8 Å². The fourth-order valence-electron chi connectivity index (χ4n) is 3.52. The van der Waals surface area contributed by atoms with Gasteiger partial charge >= 0.3 is 17.9 Å². The number of ether oxygens (including phenoxy) is 4. The van der Waals surface area contributed by atoms with E-state index >= 15 is 0 Å². The highest BCUT2D eigenvalue weighted by atomic mass is 35.5. The van der Waals surface area contributed by atoms with Crippen molar-refractivity contribution in [1.29, 1.82) is 0 Å². The van der Waals surface area contributed by atoms with Crippen LogP contribution in [-0.4, -0.2) is 58.9 Å². The van der Waals surface area contributed by atoms with E-state index in [0.717, 1.165) is 18.6 Å². The summed E-state index contributed by atoms with van der Waals surface area (Å²) in [5.41, 5.74) is 0.700. The largest absolute Gasteiger partial charge is 0.463 e. The van der Waals surface area contributed by atoms with Crippen LogP contribution >= 0.6 is 23.4 Å². The summed E-state index contributed by atoms with van der Waals surface area (Å²) in [4.78, 5) is 34.3. The summed E-state index contributed by atoms with van der Waals surface area (Å²) in [5, 5.41) is 0. The molecular weight excluding hydrogens is 444 g/mol. The molecule has 1 aliphatic heterocycles. The van der Waals surface area contributed by atoms with Crippen LogP contribution in [0.1, 0.15) is 47.5 Å². The second kappa shape index (κ2) is 11.4. The molecule has 4 unspecified atom stereocenters. The van der Waals surface area contributed by atoms with E-state index in [-0.39, 0.29) is 17.4 Å². The van der Waals surface area contributed by atoms with Gasteiger partial charge in [0.25, 0.3) is 0 Å². The van der Waals surface area contributed by atoms with Gasteiger partial charge in [-0.2, -0.15) is 0 Å². The van der Waals surface area contributed by atoms with Gasteiger partial charge in [-0.1, -0.05) is 30.7 Å². The molecule has 1 saturated heterocycles. The first-order chi connectivity index (χ1) is 14.5. The minimum atomic E-state index is -0.705. The number of carbonyl (C=O) groups excluding carboxylic acids is 3. The Bertz CT molecular complexity index is 731. The van der Waals surface area contributed by atoms with E-state index in [1.54, 1.807) is 0 Å². The first-order valence-corrected chi connectivity index (χ1v) is 11.7. The third-order valence-corrected chi connectivity index (χ3v) is 6.54. The first-order valence-electron chi connectivity index (χ1n) is 10.3. The number of allylic oxidation sites excluding steroid dienone is 4. The maximum Gasteiger partial charge on any atom is 0.303 e. The molecule has 9 heteroatoms. The SMILES string of the molecule is CC(=O)OCC1O[C@H](SCCC2=CCC(C)(Cl)C=C2)C(OC(C)=O)C(C)[C@H]1OC(C)=O. The van der Waals surface area contributed by atoms with Crippen LogP contribution in [-0.2, 0) is 33.3 Å². The van der Waals surface area contributed by atoms with Crippen molar-refractivity contribution in [2.45, 2.75) is 76.1 Å². The minimum Gasteiger partial charge on any atom is -0.463 e. The minimum absolute atomic E-state index is 0.0519. The molecule has 7 nitrogen and oxygen atoms in total. The summed E-state index contributed by atoms with van der Waals surface area (Å²) >= 11 is 7.83. The quantitative estimate of drug-likeness (QED) is 0.298. The Labute approximate surface area is 192 Å². The van der Waals surface area contributed by atoms with Crippen molar-refractivity contribution in [3.63, 3.8) is 0 Å². The molecule has 2 aliphatic rings. The Morgan fingerprint density at radius 1 is 1.16 bits per heavy atom. The van der Waals surface area contributed by atoms with Crippen LogP contribution in [0.5, 0.6) is 0 Å². The number of rotatable bonds is 8. The second-order valence-electron chi connectivity index (χ2n) is 8.07. The van der Waals surface area contributed by atoms with Crippen molar-refractivity contribution in [2.75, 3.05) is 12.4 Å². The molecule has 1 fully saturated rings. The summed E-state index contributed by atoms with van der Waals surface area (Å²) in [6.07, 6.45) is 5.76. The topological polar surface area (TPSA) is 88.1 Å². The summed E-state index contributed by atoms with van der Waals surface area (Å²) in [6, 6.07) is 0. The van der Waals surface area contributed by atoms with Gasteiger partial charge in [-0.05, 0) is 25.5 Å². The van der Waals surface area contributed by atoms with E-state index in [0.29, 0.717) is 0 Å². The molecule has 2 rings (SSSR count). The van der Waals surface area contributed by atoms with E-state index < -0.39 is 41.7 Å². The number of thioether (sulfide) groups is 1. The molecular formula is C22H31ClO7S. The average molecular weight is 475 g/mol. The Morgan fingerprint density at radius 2 is 1.81 bits per heavy atom. The molecule has 1 aliphatic carbocycles. The zero-order valence-electron chi connectivity index (χ0n) is 18.6. The van der Waals surface area contributed by atoms with Gasteiger partial charge in [0.05, 0.1) is 4.87 Å². The molecule has 0 aromatic heterocycles. The molecule has 31 heavy (non-hydrogen) atoms. The lowest BCUT2D eigenvalue weighted by molar-refractivity contribution is -0.212. The summed E-state index contributed by atoms with van der Waals surface area (Å²) in [5.74, 6) is -0.992.